The normalized spacial score (nSPS) is 11.3. The van der Waals surface area contributed by atoms with Crippen LogP contribution < -0.4 is 30.9 Å². The van der Waals surface area contributed by atoms with Crippen molar-refractivity contribution in [1.29, 1.82) is 0 Å². The molecule has 206 valence electrons. The maximum absolute atomic E-state index is 13.1. The molecule has 0 aliphatic carbocycles. The third-order valence-electron chi connectivity index (χ3n) is 6.12. The molecule has 0 saturated carbocycles. The predicted molar refractivity (Wildman–Crippen MR) is 152 cm³/mol. The molecule has 0 saturated heterocycles. The Morgan fingerprint density at radius 1 is 0.923 bits per heavy atom. The fraction of sp³-hybridized carbons (Fsp3) is 0.357. The van der Waals surface area contributed by atoms with Gasteiger partial charge in [-0.2, -0.15) is 10.1 Å². The molecule has 0 atom stereocenters. The molecule has 11 heteroatoms. The average Bonchev–Trinajstić information content (AvgIpc) is 3.27. The molecule has 0 bridgehead atoms. The van der Waals surface area contributed by atoms with Crippen molar-refractivity contribution in [2.45, 2.75) is 34.2 Å². The first kappa shape index (κ1) is 27.5. The second kappa shape index (κ2) is 11.9. The van der Waals surface area contributed by atoms with Gasteiger partial charge in [-0.1, -0.05) is 29.8 Å². The van der Waals surface area contributed by atoms with Crippen molar-refractivity contribution in [2.24, 2.45) is 19.2 Å². The van der Waals surface area contributed by atoms with E-state index in [0.29, 0.717) is 60.6 Å². The number of anilines is 1. The summed E-state index contributed by atoms with van der Waals surface area (Å²) in [5.41, 5.74) is 5.46. The van der Waals surface area contributed by atoms with Gasteiger partial charge in [0.25, 0.3) is 5.56 Å². The van der Waals surface area contributed by atoms with Crippen LogP contribution in [-0.4, -0.2) is 44.7 Å². The van der Waals surface area contributed by atoms with Crippen molar-refractivity contribution in [1.82, 2.24) is 18.7 Å². The van der Waals surface area contributed by atoms with E-state index in [2.05, 4.69) is 15.5 Å². The zero-order valence-electron chi connectivity index (χ0n) is 23.1. The summed E-state index contributed by atoms with van der Waals surface area (Å²) in [6, 6.07) is 11.6. The lowest BCUT2D eigenvalue weighted by Gasteiger charge is -2.16. The van der Waals surface area contributed by atoms with E-state index in [1.54, 1.807) is 17.8 Å². The molecule has 0 spiro atoms. The fourth-order valence-electron chi connectivity index (χ4n) is 4.21. The van der Waals surface area contributed by atoms with Gasteiger partial charge in [0.2, 0.25) is 11.7 Å². The third kappa shape index (κ3) is 5.66. The lowest BCUT2D eigenvalue weighted by atomic mass is 10.1. The molecular weight excluding hydrogens is 500 g/mol. The summed E-state index contributed by atoms with van der Waals surface area (Å²) < 4.78 is 21.5. The van der Waals surface area contributed by atoms with Crippen LogP contribution in [0.1, 0.15) is 37.5 Å². The van der Waals surface area contributed by atoms with Crippen LogP contribution >= 0.6 is 0 Å². The zero-order valence-corrected chi connectivity index (χ0v) is 23.1. The minimum atomic E-state index is -0.455. The molecular formula is C28H34N6O5. The number of ether oxygens (including phenoxy) is 3. The first-order chi connectivity index (χ1) is 18.8. The fourth-order valence-corrected chi connectivity index (χ4v) is 4.21. The second-order valence-corrected chi connectivity index (χ2v) is 8.90. The number of hydrazone groups is 1. The molecule has 2 heterocycles. The molecule has 11 nitrogen and oxygen atoms in total. The summed E-state index contributed by atoms with van der Waals surface area (Å²) in [5.74, 6) is 1.97. The molecule has 4 rings (SSSR count). The quantitative estimate of drug-likeness (QED) is 0.232. The predicted octanol–water partition coefficient (Wildman–Crippen LogP) is 3.43. The van der Waals surface area contributed by atoms with Crippen molar-refractivity contribution in [3.63, 3.8) is 0 Å². The van der Waals surface area contributed by atoms with Crippen LogP contribution in [0.15, 0.2) is 51.1 Å². The van der Waals surface area contributed by atoms with Gasteiger partial charge >= 0.3 is 5.69 Å². The van der Waals surface area contributed by atoms with Crippen molar-refractivity contribution in [3.05, 3.63) is 73.9 Å². The Morgan fingerprint density at radius 2 is 1.54 bits per heavy atom. The van der Waals surface area contributed by atoms with Gasteiger partial charge in [0.1, 0.15) is 0 Å². The van der Waals surface area contributed by atoms with Crippen LogP contribution in [0, 0.1) is 6.92 Å². The SMILES string of the molecule is CCOc1cc(/C=N\Nc2nc3c(c(=O)n(C)c(=O)n3C)n2Cc2ccc(C)cc2)cc(OCC)c1OCC. The average molecular weight is 535 g/mol. The van der Waals surface area contributed by atoms with Gasteiger partial charge in [-0.05, 0) is 45.4 Å². The number of benzene rings is 2. The van der Waals surface area contributed by atoms with Crippen molar-refractivity contribution >= 4 is 23.3 Å². The first-order valence-corrected chi connectivity index (χ1v) is 12.9. The molecule has 39 heavy (non-hydrogen) atoms. The maximum Gasteiger partial charge on any atom is 0.332 e. The van der Waals surface area contributed by atoms with E-state index in [-0.39, 0.29) is 5.65 Å². The first-order valence-electron chi connectivity index (χ1n) is 12.9. The summed E-state index contributed by atoms with van der Waals surface area (Å²) in [4.78, 5) is 30.3. The molecule has 0 radical (unpaired) electrons. The van der Waals surface area contributed by atoms with E-state index in [9.17, 15) is 9.59 Å². The van der Waals surface area contributed by atoms with Crippen molar-refractivity contribution in [3.8, 4) is 17.2 Å². The number of hydrogen-bond acceptors (Lipinski definition) is 8. The van der Waals surface area contributed by atoms with Crippen LogP contribution in [-0.2, 0) is 20.6 Å². The third-order valence-corrected chi connectivity index (χ3v) is 6.12. The Morgan fingerprint density at radius 3 is 2.13 bits per heavy atom. The van der Waals surface area contributed by atoms with E-state index >= 15 is 0 Å². The Hall–Kier alpha value is -4.54. The Kier molecular flexibility index (Phi) is 8.38. The van der Waals surface area contributed by atoms with Crippen LogP contribution in [0.25, 0.3) is 11.2 Å². The van der Waals surface area contributed by atoms with Gasteiger partial charge in [-0.3, -0.25) is 18.5 Å². The number of rotatable bonds is 11. The number of hydrogen-bond donors (Lipinski definition) is 1. The number of imidazole rings is 1. The largest absolute Gasteiger partial charge is 0.490 e. The van der Waals surface area contributed by atoms with E-state index in [1.165, 1.54) is 11.6 Å². The van der Waals surface area contributed by atoms with E-state index in [0.717, 1.165) is 15.7 Å². The lowest BCUT2D eigenvalue weighted by Crippen LogP contribution is -2.37. The van der Waals surface area contributed by atoms with Gasteiger partial charge in [0, 0.05) is 19.7 Å². The highest BCUT2D eigenvalue weighted by Crippen LogP contribution is 2.38. The molecule has 1 N–H and O–H groups in total. The lowest BCUT2D eigenvalue weighted by molar-refractivity contribution is 0.261. The van der Waals surface area contributed by atoms with Crippen LogP contribution in [0.5, 0.6) is 17.2 Å². The molecule has 0 fully saturated rings. The van der Waals surface area contributed by atoms with Gasteiger partial charge in [0.05, 0.1) is 32.6 Å². The second-order valence-electron chi connectivity index (χ2n) is 8.90. The Bertz CT molecular complexity index is 1590. The molecule has 0 aliphatic heterocycles. The van der Waals surface area contributed by atoms with Crippen LogP contribution in [0.2, 0.25) is 0 Å². The van der Waals surface area contributed by atoms with Gasteiger partial charge < -0.3 is 14.2 Å². The summed E-state index contributed by atoms with van der Waals surface area (Å²) in [7, 11) is 3.04. The zero-order chi connectivity index (χ0) is 28.1. The molecule has 2 aromatic heterocycles. The number of aryl methyl sites for hydroxylation is 2. The number of nitrogens with zero attached hydrogens (tertiary/aromatic N) is 5. The van der Waals surface area contributed by atoms with E-state index in [4.69, 9.17) is 14.2 Å². The Balaban J connectivity index is 1.76. The minimum Gasteiger partial charge on any atom is -0.490 e. The summed E-state index contributed by atoms with van der Waals surface area (Å²) >= 11 is 0. The number of aromatic nitrogens is 4. The highest BCUT2D eigenvalue weighted by molar-refractivity contribution is 5.83. The molecule has 2 aromatic carbocycles. The van der Waals surface area contributed by atoms with Crippen molar-refractivity contribution in [2.75, 3.05) is 25.2 Å². The standard InChI is InChI=1S/C28H34N6O5/c1-7-37-21-14-20(15-22(38-8-2)24(21)39-9-3)16-29-31-27-30-25-23(26(35)33(6)28(36)32(25)5)34(27)17-19-12-10-18(4)11-13-19/h10-16H,7-9,17H2,1-6H3,(H,30,31)/b29-16-. The highest BCUT2D eigenvalue weighted by atomic mass is 16.5. The monoisotopic (exact) mass is 534 g/mol. The van der Waals surface area contributed by atoms with Crippen LogP contribution in [0.3, 0.4) is 0 Å². The Labute approximate surface area is 226 Å². The summed E-state index contributed by atoms with van der Waals surface area (Å²) in [6.45, 7) is 9.45. The summed E-state index contributed by atoms with van der Waals surface area (Å²) in [5, 5.41) is 4.40. The smallest absolute Gasteiger partial charge is 0.332 e. The van der Waals surface area contributed by atoms with Gasteiger partial charge in [0.15, 0.2) is 22.7 Å². The van der Waals surface area contributed by atoms with Crippen LogP contribution in [0.4, 0.5) is 5.95 Å². The van der Waals surface area contributed by atoms with E-state index in [1.807, 2.05) is 64.1 Å². The molecule has 0 unspecified atom stereocenters. The maximum atomic E-state index is 13.1. The highest BCUT2D eigenvalue weighted by Gasteiger charge is 2.19. The van der Waals surface area contributed by atoms with Gasteiger partial charge in [-0.15, -0.1) is 0 Å². The van der Waals surface area contributed by atoms with Crippen molar-refractivity contribution < 1.29 is 14.2 Å². The van der Waals surface area contributed by atoms with Gasteiger partial charge in [-0.25, -0.2) is 10.2 Å². The number of nitrogens with one attached hydrogen (secondary N) is 1. The molecule has 4 aromatic rings. The minimum absolute atomic E-state index is 0.270. The molecule has 0 amide bonds. The molecule has 0 aliphatic rings. The topological polar surface area (TPSA) is 114 Å². The van der Waals surface area contributed by atoms with E-state index < -0.39 is 11.2 Å². The summed E-state index contributed by atoms with van der Waals surface area (Å²) in [6.07, 6.45) is 1.60. The number of fused-ring (bicyclic) bond motifs is 1.